The van der Waals surface area contributed by atoms with E-state index in [1.165, 1.54) is 12.1 Å². The third-order valence-electron chi connectivity index (χ3n) is 5.04. The quantitative estimate of drug-likeness (QED) is 0.471. The Morgan fingerprint density at radius 2 is 1.83 bits per heavy atom. The van der Waals surface area contributed by atoms with Crippen molar-refractivity contribution >= 4 is 28.2 Å². The first-order valence-corrected chi connectivity index (χ1v) is 9.68. The van der Waals surface area contributed by atoms with E-state index < -0.39 is 4.92 Å². The van der Waals surface area contributed by atoms with Crippen molar-refractivity contribution in [2.45, 2.75) is 6.92 Å². The molecular weight excluding hydrogens is 384 g/mol. The molecule has 0 atom stereocenters. The van der Waals surface area contributed by atoms with E-state index in [9.17, 15) is 15.4 Å². The molecule has 0 bridgehead atoms. The van der Waals surface area contributed by atoms with E-state index in [2.05, 4.69) is 25.8 Å². The highest BCUT2D eigenvalue weighted by Crippen LogP contribution is 2.27. The number of nitrogens with zero attached hydrogens (tertiary/aromatic N) is 6. The monoisotopic (exact) mass is 404 g/mol. The predicted octanol–water partition coefficient (Wildman–Crippen LogP) is 3.13. The van der Waals surface area contributed by atoms with E-state index >= 15 is 0 Å². The van der Waals surface area contributed by atoms with E-state index in [0.717, 1.165) is 32.0 Å². The maximum Gasteiger partial charge on any atom is 0.270 e. The van der Waals surface area contributed by atoms with Crippen LogP contribution < -0.4 is 14.5 Å². The second-order valence-electron chi connectivity index (χ2n) is 6.84. The lowest BCUT2D eigenvalue weighted by Gasteiger charge is -2.36. The van der Waals surface area contributed by atoms with Crippen molar-refractivity contribution < 1.29 is 9.66 Å². The van der Waals surface area contributed by atoms with Crippen LogP contribution in [-0.4, -0.2) is 47.7 Å². The minimum atomic E-state index is -0.470. The summed E-state index contributed by atoms with van der Waals surface area (Å²) in [5, 5.41) is 21.1. The zero-order chi connectivity index (χ0) is 21.1. The lowest BCUT2D eigenvalue weighted by molar-refractivity contribution is -0.384. The van der Waals surface area contributed by atoms with Gasteiger partial charge in [-0.05, 0) is 25.1 Å². The molecular formula is C21H20N6O3. The maximum atomic E-state index is 11.0. The van der Waals surface area contributed by atoms with Crippen molar-refractivity contribution in [2.75, 3.05) is 42.6 Å². The number of nitriles is 1. The minimum absolute atomic E-state index is 0.0519. The van der Waals surface area contributed by atoms with Crippen LogP contribution in [0.25, 0.3) is 10.9 Å². The number of rotatable bonds is 5. The highest BCUT2D eigenvalue weighted by Gasteiger charge is 2.21. The van der Waals surface area contributed by atoms with E-state index in [0.29, 0.717) is 34.8 Å². The third-order valence-corrected chi connectivity index (χ3v) is 5.04. The average molecular weight is 404 g/mol. The zero-order valence-corrected chi connectivity index (χ0v) is 16.5. The molecule has 1 saturated heterocycles. The molecule has 1 aromatic carbocycles. The Hall–Kier alpha value is -3.93. The van der Waals surface area contributed by atoms with Gasteiger partial charge in [0.1, 0.15) is 11.6 Å². The van der Waals surface area contributed by atoms with Crippen LogP contribution in [0.4, 0.5) is 17.3 Å². The summed E-state index contributed by atoms with van der Waals surface area (Å²) in [4.78, 5) is 24.1. The zero-order valence-electron chi connectivity index (χ0n) is 16.5. The molecule has 0 amide bonds. The van der Waals surface area contributed by atoms with Gasteiger partial charge in [0, 0.05) is 49.8 Å². The van der Waals surface area contributed by atoms with Crippen molar-refractivity contribution in [3.63, 3.8) is 0 Å². The topological polar surface area (TPSA) is 108 Å². The van der Waals surface area contributed by atoms with Gasteiger partial charge in [0.05, 0.1) is 28.7 Å². The molecule has 9 heteroatoms. The van der Waals surface area contributed by atoms with Gasteiger partial charge in [-0.1, -0.05) is 6.07 Å². The highest BCUT2D eigenvalue weighted by molar-refractivity contribution is 5.88. The van der Waals surface area contributed by atoms with Crippen LogP contribution >= 0.6 is 0 Å². The number of ether oxygens (including phenoxy) is 1. The first kappa shape index (κ1) is 19.4. The molecule has 1 fully saturated rings. The molecule has 0 saturated carbocycles. The number of pyridine rings is 2. The summed E-state index contributed by atoms with van der Waals surface area (Å²) >= 11 is 0. The van der Waals surface area contributed by atoms with Crippen molar-refractivity contribution in [1.29, 1.82) is 5.26 Å². The van der Waals surface area contributed by atoms with Gasteiger partial charge in [0.15, 0.2) is 0 Å². The minimum Gasteiger partial charge on any atom is -0.478 e. The van der Waals surface area contributed by atoms with Crippen molar-refractivity contribution in [1.82, 2.24) is 9.97 Å². The number of nitro groups is 1. The number of aromatic nitrogens is 2. The van der Waals surface area contributed by atoms with E-state index in [4.69, 9.17) is 4.74 Å². The van der Waals surface area contributed by atoms with Gasteiger partial charge in [0.2, 0.25) is 5.88 Å². The van der Waals surface area contributed by atoms with Gasteiger partial charge in [-0.25, -0.2) is 4.98 Å². The Labute approximate surface area is 173 Å². The second-order valence-corrected chi connectivity index (χ2v) is 6.84. The van der Waals surface area contributed by atoms with Crippen molar-refractivity contribution in [2.24, 2.45) is 0 Å². The van der Waals surface area contributed by atoms with Crippen molar-refractivity contribution in [3.05, 3.63) is 58.1 Å². The van der Waals surface area contributed by atoms with Gasteiger partial charge in [-0.3, -0.25) is 10.1 Å². The van der Waals surface area contributed by atoms with Gasteiger partial charge in [-0.2, -0.15) is 10.2 Å². The fourth-order valence-electron chi connectivity index (χ4n) is 3.54. The van der Waals surface area contributed by atoms with Crippen LogP contribution in [0, 0.1) is 21.4 Å². The van der Waals surface area contributed by atoms with Gasteiger partial charge in [0.25, 0.3) is 5.69 Å². The van der Waals surface area contributed by atoms with E-state index in [-0.39, 0.29) is 5.69 Å². The molecule has 152 valence electrons. The van der Waals surface area contributed by atoms with Crippen LogP contribution in [0.1, 0.15) is 12.5 Å². The lowest BCUT2D eigenvalue weighted by Crippen LogP contribution is -2.47. The number of nitro benzene ring substituents is 1. The van der Waals surface area contributed by atoms with Gasteiger partial charge >= 0.3 is 0 Å². The number of non-ortho nitro benzene ring substituents is 1. The fourth-order valence-corrected chi connectivity index (χ4v) is 3.54. The molecule has 1 aliphatic rings. The first-order chi connectivity index (χ1) is 14.6. The molecule has 0 spiro atoms. The van der Waals surface area contributed by atoms with Crippen LogP contribution in [0.3, 0.4) is 0 Å². The molecule has 4 rings (SSSR count). The lowest BCUT2D eigenvalue weighted by atomic mass is 10.1. The van der Waals surface area contributed by atoms with Crippen molar-refractivity contribution in [3.8, 4) is 11.9 Å². The smallest absolute Gasteiger partial charge is 0.270 e. The molecule has 0 radical (unpaired) electrons. The number of piperazine rings is 1. The SMILES string of the molecule is CCOc1cccc(N2CCN(c3cc(C#N)c4cc([N+](=O)[O-])ccc4n3)CC2)n1. The number of hydrogen-bond donors (Lipinski definition) is 0. The second kappa shape index (κ2) is 8.21. The Morgan fingerprint density at radius 3 is 2.50 bits per heavy atom. The molecule has 30 heavy (non-hydrogen) atoms. The summed E-state index contributed by atoms with van der Waals surface area (Å²) in [7, 11) is 0. The molecule has 0 unspecified atom stereocenters. The van der Waals surface area contributed by atoms with Crippen LogP contribution in [0.2, 0.25) is 0 Å². The third kappa shape index (κ3) is 3.80. The van der Waals surface area contributed by atoms with Crippen LogP contribution in [0.15, 0.2) is 42.5 Å². The van der Waals surface area contributed by atoms with Crippen LogP contribution in [-0.2, 0) is 0 Å². The van der Waals surface area contributed by atoms with Crippen LogP contribution in [0.5, 0.6) is 5.88 Å². The molecule has 2 aromatic heterocycles. The molecule has 1 aliphatic heterocycles. The number of fused-ring (bicyclic) bond motifs is 1. The Morgan fingerprint density at radius 1 is 1.10 bits per heavy atom. The molecule has 3 heterocycles. The summed E-state index contributed by atoms with van der Waals surface area (Å²) in [6.45, 7) is 5.45. The normalized spacial score (nSPS) is 13.9. The summed E-state index contributed by atoms with van der Waals surface area (Å²) in [5.41, 5.74) is 0.902. The Kier molecular flexibility index (Phi) is 5.30. The number of benzene rings is 1. The summed E-state index contributed by atoms with van der Waals surface area (Å²) in [6, 6.07) is 14.0. The van der Waals surface area contributed by atoms with E-state index in [1.807, 2.05) is 25.1 Å². The maximum absolute atomic E-state index is 11.0. The first-order valence-electron chi connectivity index (χ1n) is 9.68. The molecule has 0 aliphatic carbocycles. The highest BCUT2D eigenvalue weighted by atomic mass is 16.6. The molecule has 0 N–H and O–H groups in total. The predicted molar refractivity (Wildman–Crippen MR) is 113 cm³/mol. The molecule has 3 aromatic rings. The van der Waals surface area contributed by atoms with Gasteiger partial charge < -0.3 is 14.5 Å². The average Bonchev–Trinajstić information content (AvgIpc) is 2.78. The standard InChI is InChI=1S/C21H20N6O3/c1-2-30-21-5-3-4-19(24-21)25-8-10-26(11-9-25)20-12-15(14-22)17-13-16(27(28)29)6-7-18(17)23-20/h3-7,12-13H,2,8-11H2,1H3. The molecule has 9 nitrogen and oxygen atoms in total. The Balaban J connectivity index is 1.54. The Bertz CT molecular complexity index is 1140. The summed E-state index contributed by atoms with van der Waals surface area (Å²) in [6.07, 6.45) is 0. The summed E-state index contributed by atoms with van der Waals surface area (Å²) in [5.74, 6) is 2.18. The number of hydrogen-bond acceptors (Lipinski definition) is 8. The largest absolute Gasteiger partial charge is 0.478 e. The van der Waals surface area contributed by atoms with Gasteiger partial charge in [-0.15, -0.1) is 0 Å². The summed E-state index contributed by atoms with van der Waals surface area (Å²) < 4.78 is 5.49. The number of anilines is 2. The van der Waals surface area contributed by atoms with E-state index in [1.54, 1.807) is 12.1 Å². The fraction of sp³-hybridized carbons (Fsp3) is 0.286.